The van der Waals surface area contributed by atoms with Gasteiger partial charge in [0, 0.05) is 6.04 Å². The van der Waals surface area contributed by atoms with Crippen molar-refractivity contribution in [3.05, 3.63) is 35.4 Å². The van der Waals surface area contributed by atoms with Gasteiger partial charge in [-0.25, -0.2) is 8.42 Å². The Kier molecular flexibility index (Phi) is 4.63. The Labute approximate surface area is 116 Å². The lowest BCUT2D eigenvalue weighted by Gasteiger charge is -2.23. The van der Waals surface area contributed by atoms with Gasteiger partial charge in [0.15, 0.2) is 9.84 Å². The van der Waals surface area contributed by atoms with Crippen LogP contribution in [0.3, 0.4) is 0 Å². The molecular weight excluding hydrogens is 258 g/mol. The highest BCUT2D eigenvalue weighted by molar-refractivity contribution is 7.92. The molecule has 1 unspecified atom stereocenters. The molecule has 106 valence electrons. The van der Waals surface area contributed by atoms with Crippen LogP contribution in [-0.2, 0) is 9.84 Å². The fraction of sp³-hybridized carbons (Fsp3) is 0.600. The third-order valence-corrected chi connectivity index (χ3v) is 6.29. The molecule has 0 saturated heterocycles. The van der Waals surface area contributed by atoms with Crippen LogP contribution in [0, 0.1) is 6.92 Å². The summed E-state index contributed by atoms with van der Waals surface area (Å²) in [5, 5.41) is -0.169. The third kappa shape index (κ3) is 3.80. The van der Waals surface area contributed by atoms with Crippen molar-refractivity contribution in [1.29, 1.82) is 0 Å². The van der Waals surface area contributed by atoms with Gasteiger partial charge < -0.3 is 5.73 Å². The largest absolute Gasteiger partial charge is 0.323 e. The standard InChI is InChI=1S/C15H23NO2S/c1-12-7-9-13(10-8-12)15(16)11-19(17,18)14-5-3-2-4-6-14/h7-10,14-15H,2-6,11,16H2,1H3. The highest BCUT2D eigenvalue weighted by Crippen LogP contribution is 2.26. The lowest BCUT2D eigenvalue weighted by atomic mass is 10.0. The predicted octanol–water partition coefficient (Wildman–Crippen LogP) is 2.74. The molecule has 1 atom stereocenters. The first kappa shape index (κ1) is 14.5. The number of sulfone groups is 1. The summed E-state index contributed by atoms with van der Waals surface area (Å²) in [5.41, 5.74) is 8.12. The quantitative estimate of drug-likeness (QED) is 0.923. The Morgan fingerprint density at radius 2 is 1.74 bits per heavy atom. The van der Waals surface area contributed by atoms with E-state index in [2.05, 4.69) is 0 Å². The van der Waals surface area contributed by atoms with E-state index >= 15 is 0 Å². The summed E-state index contributed by atoms with van der Waals surface area (Å²) in [5.74, 6) is 0.0702. The van der Waals surface area contributed by atoms with Crippen molar-refractivity contribution in [1.82, 2.24) is 0 Å². The molecule has 0 radical (unpaired) electrons. The van der Waals surface area contributed by atoms with Gasteiger partial charge in [-0.3, -0.25) is 0 Å². The summed E-state index contributed by atoms with van der Waals surface area (Å²) in [6.07, 6.45) is 4.84. The fourth-order valence-electron chi connectivity index (χ4n) is 2.72. The minimum absolute atomic E-state index is 0.0702. The van der Waals surface area contributed by atoms with E-state index in [4.69, 9.17) is 5.73 Å². The van der Waals surface area contributed by atoms with Crippen LogP contribution < -0.4 is 5.73 Å². The Morgan fingerprint density at radius 1 is 1.16 bits per heavy atom. The van der Waals surface area contributed by atoms with Crippen molar-refractivity contribution < 1.29 is 8.42 Å². The summed E-state index contributed by atoms with van der Waals surface area (Å²) in [6.45, 7) is 2.01. The Bertz CT molecular complexity index is 501. The molecule has 4 heteroatoms. The minimum Gasteiger partial charge on any atom is -0.323 e. The highest BCUT2D eigenvalue weighted by atomic mass is 32.2. The normalized spacial score (nSPS) is 19.3. The van der Waals surface area contributed by atoms with Crippen LogP contribution in [0.2, 0.25) is 0 Å². The van der Waals surface area contributed by atoms with E-state index in [9.17, 15) is 8.42 Å². The van der Waals surface area contributed by atoms with E-state index in [1.54, 1.807) is 0 Å². The van der Waals surface area contributed by atoms with Crippen LogP contribution in [0.25, 0.3) is 0 Å². The second kappa shape index (κ2) is 6.06. The molecule has 1 saturated carbocycles. The summed E-state index contributed by atoms with van der Waals surface area (Å²) >= 11 is 0. The van der Waals surface area contributed by atoms with Gasteiger partial charge in [0.1, 0.15) is 0 Å². The highest BCUT2D eigenvalue weighted by Gasteiger charge is 2.29. The molecule has 0 bridgehead atoms. The van der Waals surface area contributed by atoms with E-state index < -0.39 is 15.9 Å². The predicted molar refractivity (Wildman–Crippen MR) is 78.8 cm³/mol. The number of aryl methyl sites for hydroxylation is 1. The summed E-state index contributed by atoms with van der Waals surface area (Å²) in [4.78, 5) is 0. The topological polar surface area (TPSA) is 60.2 Å². The van der Waals surface area contributed by atoms with Gasteiger partial charge in [0.2, 0.25) is 0 Å². The maximum Gasteiger partial charge on any atom is 0.155 e. The zero-order valence-corrected chi connectivity index (χ0v) is 12.3. The summed E-state index contributed by atoms with van der Waals surface area (Å²) < 4.78 is 24.7. The molecule has 0 spiro atoms. The fourth-order valence-corrected chi connectivity index (χ4v) is 4.74. The molecule has 0 heterocycles. The van der Waals surface area contributed by atoms with Crippen LogP contribution >= 0.6 is 0 Å². The molecule has 3 nitrogen and oxygen atoms in total. The van der Waals surface area contributed by atoms with Gasteiger partial charge in [-0.1, -0.05) is 49.1 Å². The van der Waals surface area contributed by atoms with E-state index in [1.165, 1.54) is 0 Å². The van der Waals surface area contributed by atoms with E-state index in [1.807, 2.05) is 31.2 Å². The molecule has 2 rings (SSSR count). The minimum atomic E-state index is -3.07. The van der Waals surface area contributed by atoms with Gasteiger partial charge >= 0.3 is 0 Å². The molecule has 1 aromatic rings. The monoisotopic (exact) mass is 281 g/mol. The lowest BCUT2D eigenvalue weighted by molar-refractivity contribution is 0.481. The Balaban J connectivity index is 2.04. The first-order valence-electron chi connectivity index (χ1n) is 7.03. The van der Waals surface area contributed by atoms with Crippen LogP contribution in [-0.4, -0.2) is 19.4 Å². The average Bonchev–Trinajstić information content (AvgIpc) is 2.40. The Morgan fingerprint density at radius 3 is 2.32 bits per heavy atom. The zero-order chi connectivity index (χ0) is 13.9. The molecule has 0 aliphatic heterocycles. The summed E-state index contributed by atoms with van der Waals surface area (Å²) in [6, 6.07) is 7.39. The van der Waals surface area contributed by atoms with Gasteiger partial charge in [-0.2, -0.15) is 0 Å². The molecule has 0 aromatic heterocycles. The first-order chi connectivity index (χ1) is 8.99. The second-order valence-corrected chi connectivity index (χ2v) is 7.93. The first-order valence-corrected chi connectivity index (χ1v) is 8.74. The number of nitrogens with two attached hydrogens (primary N) is 1. The average molecular weight is 281 g/mol. The van der Waals surface area contributed by atoms with E-state index in [-0.39, 0.29) is 11.0 Å². The van der Waals surface area contributed by atoms with Crippen molar-refractivity contribution in [2.24, 2.45) is 5.73 Å². The second-order valence-electron chi connectivity index (χ2n) is 5.61. The number of hydrogen-bond donors (Lipinski definition) is 1. The maximum atomic E-state index is 12.4. The molecule has 1 aliphatic carbocycles. The van der Waals surface area contributed by atoms with Crippen LogP contribution in [0.5, 0.6) is 0 Å². The third-order valence-electron chi connectivity index (χ3n) is 3.98. The zero-order valence-electron chi connectivity index (χ0n) is 11.5. The molecule has 1 aromatic carbocycles. The SMILES string of the molecule is Cc1ccc(C(N)CS(=O)(=O)C2CCCCC2)cc1. The van der Waals surface area contributed by atoms with Crippen LogP contribution in [0.15, 0.2) is 24.3 Å². The van der Waals surface area contributed by atoms with Crippen LogP contribution in [0.1, 0.15) is 49.3 Å². The lowest BCUT2D eigenvalue weighted by Crippen LogP contribution is -2.31. The van der Waals surface area contributed by atoms with Gasteiger partial charge in [-0.05, 0) is 25.3 Å². The van der Waals surface area contributed by atoms with Crippen molar-refractivity contribution in [2.45, 2.75) is 50.3 Å². The van der Waals surface area contributed by atoms with Gasteiger partial charge in [0.25, 0.3) is 0 Å². The van der Waals surface area contributed by atoms with E-state index in [0.717, 1.165) is 43.2 Å². The number of benzene rings is 1. The molecule has 1 aliphatic rings. The molecule has 1 fully saturated rings. The van der Waals surface area contributed by atoms with Gasteiger partial charge in [-0.15, -0.1) is 0 Å². The van der Waals surface area contributed by atoms with Crippen molar-refractivity contribution >= 4 is 9.84 Å². The van der Waals surface area contributed by atoms with Crippen molar-refractivity contribution in [2.75, 3.05) is 5.75 Å². The number of hydrogen-bond acceptors (Lipinski definition) is 3. The molecule has 2 N–H and O–H groups in total. The molecular formula is C15H23NO2S. The maximum absolute atomic E-state index is 12.4. The van der Waals surface area contributed by atoms with Crippen molar-refractivity contribution in [3.8, 4) is 0 Å². The van der Waals surface area contributed by atoms with E-state index in [0.29, 0.717) is 0 Å². The smallest absolute Gasteiger partial charge is 0.155 e. The molecule has 0 amide bonds. The molecule has 19 heavy (non-hydrogen) atoms. The number of rotatable bonds is 4. The summed E-state index contributed by atoms with van der Waals surface area (Å²) in [7, 11) is -3.07. The van der Waals surface area contributed by atoms with Crippen LogP contribution in [0.4, 0.5) is 0 Å². The van der Waals surface area contributed by atoms with Gasteiger partial charge in [0.05, 0.1) is 11.0 Å². The van der Waals surface area contributed by atoms with Crippen molar-refractivity contribution in [3.63, 3.8) is 0 Å². The Hall–Kier alpha value is -0.870.